The minimum absolute atomic E-state index is 1.02. The predicted octanol–water partition coefficient (Wildman–Crippen LogP) is 1.63. The SMILES string of the molecule is CCN1[C@@H]2CCCC[C@@H]21. The maximum absolute atomic E-state index is 2.63. The molecule has 0 N–H and O–H groups in total. The van der Waals surface area contributed by atoms with Crippen LogP contribution in [0.2, 0.25) is 0 Å². The molecule has 1 unspecified atom stereocenters. The molecular formula is C8H15N. The molecule has 0 spiro atoms. The first-order valence-corrected chi connectivity index (χ1v) is 4.19. The van der Waals surface area contributed by atoms with Crippen molar-refractivity contribution in [3.8, 4) is 0 Å². The van der Waals surface area contributed by atoms with Gasteiger partial charge in [-0.05, 0) is 19.4 Å². The summed E-state index contributed by atoms with van der Waals surface area (Å²) in [5.41, 5.74) is 0. The van der Waals surface area contributed by atoms with Gasteiger partial charge in [0, 0.05) is 12.1 Å². The van der Waals surface area contributed by atoms with E-state index in [1.165, 1.54) is 32.2 Å². The van der Waals surface area contributed by atoms with E-state index in [1.807, 2.05) is 0 Å². The number of hydrogen-bond acceptors (Lipinski definition) is 1. The number of likely N-dealkylation sites (tertiary alicyclic amines) is 1. The molecule has 1 heterocycles. The van der Waals surface area contributed by atoms with E-state index in [4.69, 9.17) is 0 Å². The summed E-state index contributed by atoms with van der Waals surface area (Å²) in [6, 6.07) is 2.03. The normalized spacial score (nSPS) is 48.3. The van der Waals surface area contributed by atoms with Crippen molar-refractivity contribution in [1.29, 1.82) is 0 Å². The van der Waals surface area contributed by atoms with Crippen molar-refractivity contribution >= 4 is 0 Å². The van der Waals surface area contributed by atoms with Gasteiger partial charge in [0.25, 0.3) is 0 Å². The Hall–Kier alpha value is -0.0400. The molecule has 1 saturated heterocycles. The topological polar surface area (TPSA) is 3.01 Å². The predicted molar refractivity (Wildman–Crippen MR) is 38.4 cm³/mol. The van der Waals surface area contributed by atoms with E-state index in [0.717, 1.165) is 12.1 Å². The van der Waals surface area contributed by atoms with Gasteiger partial charge in [0.1, 0.15) is 0 Å². The van der Waals surface area contributed by atoms with Crippen LogP contribution in [0.1, 0.15) is 32.6 Å². The molecule has 2 rings (SSSR count). The van der Waals surface area contributed by atoms with Crippen LogP contribution >= 0.6 is 0 Å². The van der Waals surface area contributed by atoms with Crippen molar-refractivity contribution in [3.05, 3.63) is 0 Å². The second kappa shape index (κ2) is 1.98. The third kappa shape index (κ3) is 0.787. The van der Waals surface area contributed by atoms with E-state index in [1.54, 1.807) is 0 Å². The lowest BCUT2D eigenvalue weighted by molar-refractivity contribution is 0.506. The van der Waals surface area contributed by atoms with Gasteiger partial charge in [-0.25, -0.2) is 0 Å². The highest BCUT2D eigenvalue weighted by molar-refractivity contribution is 5.03. The van der Waals surface area contributed by atoms with Gasteiger partial charge in [-0.2, -0.15) is 0 Å². The first kappa shape index (κ1) is 5.72. The summed E-state index contributed by atoms with van der Waals surface area (Å²) in [5.74, 6) is 0. The van der Waals surface area contributed by atoms with Crippen LogP contribution in [-0.2, 0) is 0 Å². The van der Waals surface area contributed by atoms with Crippen molar-refractivity contribution in [1.82, 2.24) is 4.90 Å². The van der Waals surface area contributed by atoms with Gasteiger partial charge in [-0.3, -0.25) is 4.90 Å². The first-order valence-electron chi connectivity index (χ1n) is 4.19. The maximum atomic E-state index is 2.63. The lowest BCUT2D eigenvalue weighted by atomic mass is 10.0. The molecule has 0 aromatic rings. The van der Waals surface area contributed by atoms with E-state index in [9.17, 15) is 0 Å². The van der Waals surface area contributed by atoms with E-state index in [-0.39, 0.29) is 0 Å². The summed E-state index contributed by atoms with van der Waals surface area (Å²) in [5, 5.41) is 0. The molecule has 0 bridgehead atoms. The number of nitrogens with zero attached hydrogens (tertiary/aromatic N) is 1. The van der Waals surface area contributed by atoms with Crippen LogP contribution in [0.4, 0.5) is 0 Å². The highest BCUT2D eigenvalue weighted by Crippen LogP contribution is 2.39. The Bertz CT molecular complexity index is 92.4. The van der Waals surface area contributed by atoms with Gasteiger partial charge in [0.2, 0.25) is 0 Å². The molecule has 1 aliphatic heterocycles. The summed E-state index contributed by atoms with van der Waals surface area (Å²) < 4.78 is 0. The van der Waals surface area contributed by atoms with Gasteiger partial charge in [0.05, 0.1) is 0 Å². The van der Waals surface area contributed by atoms with Crippen molar-refractivity contribution in [3.63, 3.8) is 0 Å². The molecule has 1 heteroatoms. The molecule has 0 amide bonds. The molecular weight excluding hydrogens is 110 g/mol. The Morgan fingerprint density at radius 1 is 1.22 bits per heavy atom. The van der Waals surface area contributed by atoms with Crippen molar-refractivity contribution in [2.75, 3.05) is 6.54 Å². The molecule has 1 aliphatic carbocycles. The highest BCUT2D eigenvalue weighted by Gasteiger charge is 2.46. The fraction of sp³-hybridized carbons (Fsp3) is 1.00. The second-order valence-electron chi connectivity index (χ2n) is 3.25. The zero-order valence-corrected chi connectivity index (χ0v) is 6.14. The molecule has 1 saturated carbocycles. The standard InChI is InChI=1S/C8H15N/c1-2-9-7-5-3-4-6-8(7)9/h7-8H,2-6H2,1H3/t7-,8+,9?. The number of hydrogen-bond donors (Lipinski definition) is 0. The molecule has 0 aromatic heterocycles. The van der Waals surface area contributed by atoms with Crippen molar-refractivity contribution in [2.45, 2.75) is 44.7 Å². The average molecular weight is 125 g/mol. The van der Waals surface area contributed by atoms with Crippen LogP contribution in [0.15, 0.2) is 0 Å². The first-order chi connectivity index (χ1) is 4.43. The zero-order chi connectivity index (χ0) is 6.27. The van der Waals surface area contributed by atoms with Crippen LogP contribution in [0.3, 0.4) is 0 Å². The fourth-order valence-electron chi connectivity index (χ4n) is 2.28. The number of likely N-dealkylation sites (N-methyl/N-ethyl adjacent to an activating group) is 1. The molecule has 3 atom stereocenters. The quantitative estimate of drug-likeness (QED) is 0.481. The van der Waals surface area contributed by atoms with E-state index >= 15 is 0 Å². The Morgan fingerprint density at radius 2 is 1.78 bits per heavy atom. The molecule has 9 heavy (non-hydrogen) atoms. The zero-order valence-electron chi connectivity index (χ0n) is 6.14. The summed E-state index contributed by atoms with van der Waals surface area (Å²) in [4.78, 5) is 2.63. The van der Waals surface area contributed by atoms with Gasteiger partial charge >= 0.3 is 0 Å². The minimum atomic E-state index is 1.02. The molecule has 2 aliphatic rings. The minimum Gasteiger partial charge on any atom is -0.295 e. The van der Waals surface area contributed by atoms with Gasteiger partial charge < -0.3 is 0 Å². The van der Waals surface area contributed by atoms with Crippen molar-refractivity contribution in [2.24, 2.45) is 0 Å². The lowest BCUT2D eigenvalue weighted by Gasteiger charge is -2.02. The summed E-state index contributed by atoms with van der Waals surface area (Å²) in [7, 11) is 0. The molecule has 0 aromatic carbocycles. The van der Waals surface area contributed by atoms with Gasteiger partial charge in [-0.15, -0.1) is 0 Å². The average Bonchev–Trinajstić information content (AvgIpc) is 2.60. The van der Waals surface area contributed by atoms with Gasteiger partial charge in [-0.1, -0.05) is 19.8 Å². The molecule has 0 radical (unpaired) electrons. The molecule has 2 fully saturated rings. The Kier molecular flexibility index (Phi) is 1.26. The largest absolute Gasteiger partial charge is 0.295 e. The van der Waals surface area contributed by atoms with Crippen LogP contribution in [0.25, 0.3) is 0 Å². The third-order valence-corrected chi connectivity index (χ3v) is 2.82. The van der Waals surface area contributed by atoms with Crippen molar-refractivity contribution < 1.29 is 0 Å². The molecule has 52 valence electrons. The fourth-order valence-corrected chi connectivity index (χ4v) is 2.28. The monoisotopic (exact) mass is 125 g/mol. The van der Waals surface area contributed by atoms with Crippen LogP contribution in [-0.4, -0.2) is 23.5 Å². The molecule has 1 nitrogen and oxygen atoms in total. The van der Waals surface area contributed by atoms with Crippen LogP contribution in [0, 0.1) is 0 Å². The lowest BCUT2D eigenvalue weighted by Crippen LogP contribution is -2.00. The summed E-state index contributed by atoms with van der Waals surface area (Å²) in [6.45, 7) is 3.56. The van der Waals surface area contributed by atoms with E-state index in [2.05, 4.69) is 11.8 Å². The van der Waals surface area contributed by atoms with E-state index < -0.39 is 0 Å². The van der Waals surface area contributed by atoms with E-state index in [0.29, 0.717) is 0 Å². The third-order valence-electron chi connectivity index (χ3n) is 2.82. The summed E-state index contributed by atoms with van der Waals surface area (Å²) >= 11 is 0. The van der Waals surface area contributed by atoms with Gasteiger partial charge in [0.15, 0.2) is 0 Å². The van der Waals surface area contributed by atoms with Crippen LogP contribution < -0.4 is 0 Å². The maximum Gasteiger partial charge on any atom is 0.0255 e. The Balaban J connectivity index is 1.91. The Morgan fingerprint density at radius 3 is 2.22 bits per heavy atom. The number of fused-ring (bicyclic) bond motifs is 1. The van der Waals surface area contributed by atoms with Crippen LogP contribution in [0.5, 0.6) is 0 Å². The summed E-state index contributed by atoms with van der Waals surface area (Å²) in [6.07, 6.45) is 5.94. The Labute approximate surface area is 57.0 Å². The second-order valence-corrected chi connectivity index (χ2v) is 3.25. The number of rotatable bonds is 1. The highest BCUT2D eigenvalue weighted by atomic mass is 15.3. The smallest absolute Gasteiger partial charge is 0.0255 e.